The van der Waals surface area contributed by atoms with Crippen LogP contribution < -0.4 is 10.5 Å². The highest BCUT2D eigenvalue weighted by atomic mass is 79.9. The number of ether oxygens (including phenoxy) is 1. The van der Waals surface area contributed by atoms with Gasteiger partial charge in [-0.1, -0.05) is 23.7 Å². The van der Waals surface area contributed by atoms with Crippen LogP contribution in [0, 0.1) is 0 Å². The van der Waals surface area contributed by atoms with Gasteiger partial charge in [-0.2, -0.15) is 0 Å². The maximum atomic E-state index is 5.98. The molecule has 2 aromatic carbocycles. The molecule has 0 spiro atoms. The number of nitrogens with two attached hydrogens (primary N) is 1. The zero-order valence-corrected chi connectivity index (χ0v) is 10.6. The fourth-order valence-corrected chi connectivity index (χ4v) is 1.76. The van der Waals surface area contributed by atoms with E-state index in [1.165, 1.54) is 0 Å². The molecule has 16 heavy (non-hydrogen) atoms. The zero-order valence-electron chi connectivity index (χ0n) is 8.28. The van der Waals surface area contributed by atoms with Crippen molar-refractivity contribution in [3.63, 3.8) is 0 Å². The van der Waals surface area contributed by atoms with Crippen molar-refractivity contribution in [1.29, 1.82) is 0 Å². The lowest BCUT2D eigenvalue weighted by atomic mass is 10.3. The Labute approximate surface area is 107 Å². The maximum absolute atomic E-state index is 5.98. The number of benzene rings is 2. The van der Waals surface area contributed by atoms with Gasteiger partial charge in [0.25, 0.3) is 0 Å². The highest BCUT2D eigenvalue weighted by Gasteiger charge is 2.03. The van der Waals surface area contributed by atoms with E-state index in [1.54, 1.807) is 24.3 Å². The van der Waals surface area contributed by atoms with Crippen LogP contribution >= 0.6 is 27.5 Å². The number of nitrogen functional groups attached to an aromatic ring is 1. The van der Waals surface area contributed by atoms with E-state index >= 15 is 0 Å². The molecule has 0 aromatic heterocycles. The van der Waals surface area contributed by atoms with E-state index in [2.05, 4.69) is 15.9 Å². The standard InChI is InChI=1S/C12H9BrClNO/c13-9-7-8(5-6-11(9)15)16-12-4-2-1-3-10(12)14/h1-7H,15H2. The molecule has 0 saturated carbocycles. The fraction of sp³-hybridized carbons (Fsp3) is 0. The maximum Gasteiger partial charge on any atom is 0.146 e. The molecule has 0 radical (unpaired) electrons. The third-order valence-corrected chi connectivity index (χ3v) is 3.04. The van der Waals surface area contributed by atoms with Gasteiger partial charge in [-0.15, -0.1) is 0 Å². The van der Waals surface area contributed by atoms with Gasteiger partial charge in [0.15, 0.2) is 0 Å². The topological polar surface area (TPSA) is 35.2 Å². The first-order chi connectivity index (χ1) is 7.66. The summed E-state index contributed by atoms with van der Waals surface area (Å²) in [6, 6.07) is 12.7. The van der Waals surface area contributed by atoms with Crippen molar-refractivity contribution in [1.82, 2.24) is 0 Å². The Morgan fingerprint density at radius 1 is 1.12 bits per heavy atom. The van der Waals surface area contributed by atoms with Crippen LogP contribution in [-0.4, -0.2) is 0 Å². The molecule has 2 nitrogen and oxygen atoms in total. The molecule has 82 valence electrons. The summed E-state index contributed by atoms with van der Waals surface area (Å²) in [6.07, 6.45) is 0. The largest absolute Gasteiger partial charge is 0.456 e. The van der Waals surface area contributed by atoms with Gasteiger partial charge < -0.3 is 10.5 Å². The molecule has 0 amide bonds. The summed E-state index contributed by atoms with van der Waals surface area (Å²) in [5.41, 5.74) is 6.36. The van der Waals surface area contributed by atoms with Crippen molar-refractivity contribution < 1.29 is 4.74 Å². The second kappa shape index (κ2) is 4.76. The van der Waals surface area contributed by atoms with Crippen molar-refractivity contribution in [2.45, 2.75) is 0 Å². The third kappa shape index (κ3) is 2.49. The first kappa shape index (κ1) is 11.3. The van der Waals surface area contributed by atoms with Gasteiger partial charge in [0.05, 0.1) is 5.02 Å². The molecule has 0 atom stereocenters. The van der Waals surface area contributed by atoms with E-state index in [0.29, 0.717) is 22.2 Å². The van der Waals surface area contributed by atoms with Crippen LogP contribution in [0.15, 0.2) is 46.9 Å². The Bertz CT molecular complexity index is 516. The van der Waals surface area contributed by atoms with Crippen molar-refractivity contribution >= 4 is 33.2 Å². The molecule has 0 fully saturated rings. The van der Waals surface area contributed by atoms with Gasteiger partial charge in [0.2, 0.25) is 0 Å². The van der Waals surface area contributed by atoms with Crippen LogP contribution in [0.1, 0.15) is 0 Å². The predicted octanol–water partition coefficient (Wildman–Crippen LogP) is 4.48. The van der Waals surface area contributed by atoms with Gasteiger partial charge in [0.1, 0.15) is 11.5 Å². The summed E-state index contributed by atoms with van der Waals surface area (Å²) in [5, 5.41) is 0.579. The smallest absolute Gasteiger partial charge is 0.146 e. The Balaban J connectivity index is 2.28. The van der Waals surface area contributed by atoms with Crippen molar-refractivity contribution in [2.24, 2.45) is 0 Å². The Morgan fingerprint density at radius 3 is 2.56 bits per heavy atom. The number of para-hydroxylation sites is 1. The van der Waals surface area contributed by atoms with E-state index in [1.807, 2.05) is 18.2 Å². The predicted molar refractivity (Wildman–Crippen MR) is 70.1 cm³/mol. The van der Waals surface area contributed by atoms with E-state index in [9.17, 15) is 0 Å². The normalized spacial score (nSPS) is 10.1. The average Bonchev–Trinajstić information content (AvgIpc) is 2.27. The van der Waals surface area contributed by atoms with Gasteiger partial charge in [-0.05, 0) is 46.3 Å². The molecule has 0 heterocycles. The lowest BCUT2D eigenvalue weighted by Crippen LogP contribution is -1.89. The lowest BCUT2D eigenvalue weighted by Gasteiger charge is -2.08. The highest BCUT2D eigenvalue weighted by Crippen LogP contribution is 2.31. The number of hydrogen-bond acceptors (Lipinski definition) is 2. The van der Waals surface area contributed by atoms with E-state index in [4.69, 9.17) is 22.1 Å². The second-order valence-corrected chi connectivity index (χ2v) is 4.48. The molecule has 0 aliphatic carbocycles. The summed E-state index contributed by atoms with van der Waals surface area (Å²) in [6.45, 7) is 0. The summed E-state index contributed by atoms with van der Waals surface area (Å²) in [4.78, 5) is 0. The van der Waals surface area contributed by atoms with Crippen LogP contribution in [0.2, 0.25) is 5.02 Å². The van der Waals surface area contributed by atoms with Crippen molar-refractivity contribution in [3.8, 4) is 11.5 Å². The van der Waals surface area contributed by atoms with Gasteiger partial charge in [-0.25, -0.2) is 0 Å². The molecule has 2 rings (SSSR count). The zero-order chi connectivity index (χ0) is 11.5. The van der Waals surface area contributed by atoms with Crippen molar-refractivity contribution in [3.05, 3.63) is 52.0 Å². The SMILES string of the molecule is Nc1ccc(Oc2ccccc2Cl)cc1Br. The Hall–Kier alpha value is -1.19. The van der Waals surface area contributed by atoms with Crippen LogP contribution in [-0.2, 0) is 0 Å². The van der Waals surface area contributed by atoms with E-state index in [0.717, 1.165) is 4.47 Å². The summed E-state index contributed by atoms with van der Waals surface area (Å²) < 4.78 is 6.43. The minimum absolute atomic E-state index is 0.579. The van der Waals surface area contributed by atoms with Gasteiger partial charge >= 0.3 is 0 Å². The molecular weight excluding hydrogens is 289 g/mol. The monoisotopic (exact) mass is 297 g/mol. The highest BCUT2D eigenvalue weighted by molar-refractivity contribution is 9.10. The number of anilines is 1. The second-order valence-electron chi connectivity index (χ2n) is 3.22. The number of rotatable bonds is 2. The minimum Gasteiger partial charge on any atom is -0.456 e. The van der Waals surface area contributed by atoms with Gasteiger partial charge in [0, 0.05) is 10.2 Å². The molecule has 0 bridgehead atoms. The summed E-state index contributed by atoms with van der Waals surface area (Å²) >= 11 is 9.32. The first-order valence-electron chi connectivity index (χ1n) is 4.64. The summed E-state index contributed by atoms with van der Waals surface area (Å²) in [5.74, 6) is 1.31. The van der Waals surface area contributed by atoms with Crippen LogP contribution in [0.25, 0.3) is 0 Å². The molecule has 0 unspecified atom stereocenters. The number of halogens is 2. The fourth-order valence-electron chi connectivity index (χ4n) is 1.23. The molecule has 0 saturated heterocycles. The van der Waals surface area contributed by atoms with E-state index < -0.39 is 0 Å². The molecule has 2 N–H and O–H groups in total. The van der Waals surface area contributed by atoms with Crippen LogP contribution in [0.5, 0.6) is 11.5 Å². The Morgan fingerprint density at radius 2 is 1.88 bits per heavy atom. The number of hydrogen-bond donors (Lipinski definition) is 1. The third-order valence-electron chi connectivity index (χ3n) is 2.04. The molecule has 0 aliphatic rings. The molecule has 0 aliphatic heterocycles. The minimum atomic E-state index is 0.579. The average molecular weight is 299 g/mol. The summed E-state index contributed by atoms with van der Waals surface area (Å²) in [7, 11) is 0. The van der Waals surface area contributed by atoms with Crippen LogP contribution in [0.3, 0.4) is 0 Å². The van der Waals surface area contributed by atoms with E-state index in [-0.39, 0.29) is 0 Å². The molecular formula is C12H9BrClNO. The van der Waals surface area contributed by atoms with Crippen LogP contribution in [0.4, 0.5) is 5.69 Å². The van der Waals surface area contributed by atoms with Crippen molar-refractivity contribution in [2.75, 3.05) is 5.73 Å². The molecule has 4 heteroatoms. The lowest BCUT2D eigenvalue weighted by molar-refractivity contribution is 0.482. The molecule has 2 aromatic rings. The Kier molecular flexibility index (Phi) is 3.36. The quantitative estimate of drug-likeness (QED) is 0.830. The van der Waals surface area contributed by atoms with Gasteiger partial charge in [-0.3, -0.25) is 0 Å². The first-order valence-corrected chi connectivity index (χ1v) is 5.81.